The fraction of sp³-hybridized carbons (Fsp3) is 0.222. The van der Waals surface area contributed by atoms with Crippen LogP contribution in [0.25, 0.3) is 11.3 Å². The zero-order valence-electron chi connectivity index (χ0n) is 9.03. The highest BCUT2D eigenvalue weighted by molar-refractivity contribution is 5.61. The quantitative estimate of drug-likeness (QED) is 0.329. The van der Waals surface area contributed by atoms with Gasteiger partial charge in [0.05, 0.1) is 18.1 Å². The topological polar surface area (TPSA) is 82.0 Å². The minimum atomic E-state index is 0.516. The van der Waals surface area contributed by atoms with Crippen LogP contribution in [0.5, 0.6) is 0 Å². The van der Waals surface area contributed by atoms with Crippen LogP contribution in [-0.4, -0.2) is 25.9 Å². The normalized spacial score (nSPS) is 10.4. The van der Waals surface area contributed by atoms with Gasteiger partial charge in [-0.25, -0.2) is 15.5 Å². The molecule has 0 bridgehead atoms. The lowest BCUT2D eigenvalue weighted by Gasteiger charge is -2.11. The first kappa shape index (κ1) is 10.4. The minimum Gasteiger partial charge on any atom is -0.275 e. The highest BCUT2D eigenvalue weighted by Crippen LogP contribution is 2.16. The van der Waals surface area contributed by atoms with Crippen molar-refractivity contribution in [1.29, 1.82) is 0 Å². The van der Waals surface area contributed by atoms with Gasteiger partial charge in [-0.05, 0) is 6.92 Å². The van der Waals surface area contributed by atoms with Gasteiger partial charge in [0, 0.05) is 18.8 Å². The van der Waals surface area contributed by atoms with Crippen molar-refractivity contribution in [2.45, 2.75) is 6.92 Å². The highest BCUT2D eigenvalue weighted by atomic mass is 16.2. The second-order valence-corrected chi connectivity index (χ2v) is 3.41. The first-order valence-electron chi connectivity index (χ1n) is 4.66. The lowest BCUT2D eigenvalue weighted by atomic mass is 10.3. The first-order chi connectivity index (χ1) is 7.61. The van der Waals surface area contributed by atoms with E-state index in [4.69, 9.17) is 5.84 Å². The van der Waals surface area contributed by atoms with Crippen LogP contribution in [0, 0.1) is 6.92 Å². The molecule has 16 heavy (non-hydrogen) atoms. The van der Waals surface area contributed by atoms with Gasteiger partial charge in [0.1, 0.15) is 5.82 Å². The molecular formula is C9H12N6O. The summed E-state index contributed by atoms with van der Waals surface area (Å²) in [5.74, 6) is 6.09. The summed E-state index contributed by atoms with van der Waals surface area (Å²) in [5.41, 5.74) is 1.60. The summed E-state index contributed by atoms with van der Waals surface area (Å²) in [7, 11) is 1.83. The number of carbonyl (C=O) groups is 1. The molecule has 0 fully saturated rings. The van der Waals surface area contributed by atoms with Gasteiger partial charge in [0.2, 0.25) is 6.41 Å². The van der Waals surface area contributed by atoms with Crippen molar-refractivity contribution in [2.75, 3.05) is 5.12 Å². The summed E-state index contributed by atoms with van der Waals surface area (Å²) >= 11 is 0. The Morgan fingerprint density at radius 1 is 1.50 bits per heavy atom. The van der Waals surface area contributed by atoms with E-state index in [1.54, 1.807) is 24.0 Å². The van der Waals surface area contributed by atoms with E-state index in [0.29, 0.717) is 12.2 Å². The Morgan fingerprint density at radius 3 is 2.81 bits per heavy atom. The summed E-state index contributed by atoms with van der Waals surface area (Å²) in [6.07, 6.45) is 5.74. The van der Waals surface area contributed by atoms with Crippen molar-refractivity contribution in [3.8, 4) is 11.3 Å². The van der Waals surface area contributed by atoms with E-state index in [2.05, 4.69) is 10.1 Å². The summed E-state index contributed by atoms with van der Waals surface area (Å²) in [6, 6.07) is 0. The average molecular weight is 220 g/mol. The van der Waals surface area contributed by atoms with Crippen molar-refractivity contribution in [3.63, 3.8) is 0 Å². The molecule has 0 aliphatic rings. The molecule has 1 amide bonds. The lowest BCUT2D eigenvalue weighted by Crippen LogP contribution is -2.40. The van der Waals surface area contributed by atoms with Crippen molar-refractivity contribution < 1.29 is 4.79 Å². The molecule has 0 aliphatic heterocycles. The molecule has 2 aromatic heterocycles. The van der Waals surface area contributed by atoms with Gasteiger partial charge < -0.3 is 0 Å². The number of nitrogens with zero attached hydrogens (tertiary/aromatic N) is 5. The van der Waals surface area contributed by atoms with Crippen LogP contribution in [0.2, 0.25) is 0 Å². The van der Waals surface area contributed by atoms with Gasteiger partial charge in [0.15, 0.2) is 0 Å². The Bertz CT molecular complexity index is 514. The molecule has 7 nitrogen and oxygen atoms in total. The molecule has 0 spiro atoms. The largest absolute Gasteiger partial charge is 0.275 e. The molecule has 0 unspecified atom stereocenters. The Labute approximate surface area is 92.0 Å². The summed E-state index contributed by atoms with van der Waals surface area (Å²) < 4.78 is 3.15. The van der Waals surface area contributed by atoms with Crippen LogP contribution in [0.3, 0.4) is 0 Å². The van der Waals surface area contributed by atoms with Crippen LogP contribution in [0.1, 0.15) is 5.82 Å². The maximum absolute atomic E-state index is 10.5. The Morgan fingerprint density at radius 2 is 2.25 bits per heavy atom. The second kappa shape index (κ2) is 3.78. The third-order valence-corrected chi connectivity index (χ3v) is 2.22. The van der Waals surface area contributed by atoms with Crippen LogP contribution in [0.15, 0.2) is 18.6 Å². The Balaban J connectivity index is 2.41. The minimum absolute atomic E-state index is 0.516. The van der Waals surface area contributed by atoms with E-state index in [1.807, 2.05) is 13.2 Å². The van der Waals surface area contributed by atoms with Crippen molar-refractivity contribution in [1.82, 2.24) is 19.4 Å². The third-order valence-electron chi connectivity index (χ3n) is 2.22. The number of aryl methyl sites for hydroxylation is 2. The lowest BCUT2D eigenvalue weighted by molar-refractivity contribution is -0.108. The number of hydrogen-bond donors (Lipinski definition) is 1. The molecule has 0 saturated heterocycles. The van der Waals surface area contributed by atoms with Crippen LogP contribution in [-0.2, 0) is 11.8 Å². The van der Waals surface area contributed by atoms with Crippen molar-refractivity contribution >= 4 is 6.41 Å². The number of aromatic nitrogens is 4. The molecule has 2 rings (SSSR count). The van der Waals surface area contributed by atoms with Gasteiger partial charge in [-0.3, -0.25) is 9.48 Å². The van der Waals surface area contributed by atoms with Crippen molar-refractivity contribution in [3.05, 3.63) is 24.4 Å². The summed E-state index contributed by atoms with van der Waals surface area (Å²) in [4.78, 5) is 14.8. The number of imidazole rings is 1. The van der Waals surface area contributed by atoms with Gasteiger partial charge in [0.25, 0.3) is 0 Å². The van der Waals surface area contributed by atoms with E-state index in [-0.39, 0.29) is 0 Å². The van der Waals surface area contributed by atoms with Crippen LogP contribution >= 0.6 is 0 Å². The molecule has 0 aliphatic carbocycles. The van der Waals surface area contributed by atoms with Crippen LogP contribution in [0.4, 0.5) is 0 Å². The van der Waals surface area contributed by atoms with Gasteiger partial charge in [-0.2, -0.15) is 10.2 Å². The smallest absolute Gasteiger partial charge is 0.243 e. The van der Waals surface area contributed by atoms with Gasteiger partial charge >= 0.3 is 0 Å². The fourth-order valence-corrected chi connectivity index (χ4v) is 1.44. The van der Waals surface area contributed by atoms with E-state index >= 15 is 0 Å². The number of hydrogen-bond acceptors (Lipinski definition) is 4. The molecule has 2 N–H and O–H groups in total. The first-order valence-corrected chi connectivity index (χ1v) is 4.66. The molecule has 2 aromatic rings. The molecule has 84 valence electrons. The Hall–Kier alpha value is -2.15. The van der Waals surface area contributed by atoms with Gasteiger partial charge in [-0.15, -0.1) is 0 Å². The zero-order valence-corrected chi connectivity index (χ0v) is 9.03. The number of amides is 1. The second-order valence-electron chi connectivity index (χ2n) is 3.41. The third kappa shape index (κ3) is 1.68. The van der Waals surface area contributed by atoms with Gasteiger partial charge in [-0.1, -0.05) is 0 Å². The molecule has 0 saturated carbocycles. The molecular weight excluding hydrogens is 208 g/mol. The number of carbonyl (C=O) groups excluding carboxylic acids is 1. The number of nitrogens with two attached hydrogens (primary N) is 1. The standard InChI is InChI=1S/C9H12N6O/c1-7-12-9(5-14(7)15(10)6-16)8-3-11-13(2)4-8/h3-6H,10H2,1-2H3. The van der Waals surface area contributed by atoms with Crippen LogP contribution < -0.4 is 11.0 Å². The summed E-state index contributed by atoms with van der Waals surface area (Å²) in [5, 5.41) is 4.98. The fourth-order valence-electron chi connectivity index (χ4n) is 1.44. The number of hydrazine groups is 1. The zero-order chi connectivity index (χ0) is 11.7. The predicted octanol–water partition coefficient (Wildman–Crippen LogP) is -0.440. The highest BCUT2D eigenvalue weighted by Gasteiger charge is 2.10. The molecule has 7 heteroatoms. The molecule has 0 radical (unpaired) electrons. The maximum Gasteiger partial charge on any atom is 0.243 e. The van der Waals surface area contributed by atoms with Crippen molar-refractivity contribution in [2.24, 2.45) is 12.9 Å². The monoisotopic (exact) mass is 220 g/mol. The predicted molar refractivity (Wildman–Crippen MR) is 57.6 cm³/mol. The van der Waals surface area contributed by atoms with E-state index in [0.717, 1.165) is 16.4 Å². The summed E-state index contributed by atoms with van der Waals surface area (Å²) in [6.45, 7) is 1.77. The van der Waals surface area contributed by atoms with E-state index in [1.165, 1.54) is 4.68 Å². The Kier molecular flexibility index (Phi) is 2.45. The molecule has 0 aromatic carbocycles. The number of rotatable bonds is 3. The maximum atomic E-state index is 10.5. The van der Waals surface area contributed by atoms with E-state index < -0.39 is 0 Å². The molecule has 2 heterocycles. The van der Waals surface area contributed by atoms with E-state index in [9.17, 15) is 4.79 Å². The SMILES string of the molecule is Cc1nc(-c2cnn(C)c2)cn1N(N)C=O. The molecule has 0 atom stereocenters. The average Bonchev–Trinajstić information content (AvgIpc) is 2.83.